The van der Waals surface area contributed by atoms with Gasteiger partial charge in [-0.05, 0) is 173 Å². The minimum atomic E-state index is -4.23. The lowest BCUT2D eigenvalue weighted by atomic mass is 9.76. The van der Waals surface area contributed by atoms with Crippen LogP contribution in [0.5, 0.6) is 0 Å². The van der Waals surface area contributed by atoms with E-state index in [0.29, 0.717) is 159 Å². The van der Waals surface area contributed by atoms with Gasteiger partial charge in [-0.25, -0.2) is 59.4 Å². The SMILES string of the molecule is Cc1ccc(NC(=O)N2CC[C@@H](CC(F)(F)F)C2)cc1-c1cc(-c2cnc(N)[nH]2)nc(N2CCOCC2)c1.Cc1ccc(NC(=O)N2CC[C@@H](CC(F)(F)F)C2)cc1B1OC(C)(C)C(C)(C)O1.Clc1cc(-c2cn3cccnc3n2)nc(N2CCOCC2)c1.Nc1ncc(-c2cc(Cl)cc(N3CCOCC3)n2)[nH]1.Nc1ncccn1.O=C(CBr)c1cc(Cl)cc(N2CCOCC2)n1. The number of H-pyrrole nitrogens is 2. The van der Waals surface area contributed by atoms with Crippen LogP contribution in [0.2, 0.25) is 15.1 Å². The van der Waals surface area contributed by atoms with Gasteiger partial charge in [0.25, 0.3) is 0 Å². The third-order valence-corrected chi connectivity index (χ3v) is 23.9. The van der Waals surface area contributed by atoms with Gasteiger partial charge in [0.2, 0.25) is 11.7 Å². The zero-order chi connectivity index (χ0) is 94.0. The number of nitrogens with two attached hydrogens (primary N) is 3. The Labute approximate surface area is 782 Å². The van der Waals surface area contributed by atoms with Crippen LogP contribution in [0.3, 0.4) is 0 Å². The number of carbonyl (C=O) groups is 3. The number of alkyl halides is 7. The smallest absolute Gasteiger partial charge is 0.399 e. The van der Waals surface area contributed by atoms with E-state index in [-0.39, 0.29) is 24.2 Å². The zero-order valence-electron chi connectivity index (χ0n) is 73.5. The number of ether oxygens (including phenoxy) is 4. The number of amides is 4. The molecule has 33 nitrogen and oxygen atoms in total. The van der Waals surface area contributed by atoms with Crippen molar-refractivity contribution < 1.29 is 69.0 Å². The standard InChI is InChI=1S/C26H30F3N7O2.C20H28BF3N2O3.C15H14ClN5O.C12H14ClN5O.C11H12BrClN2O2.C4H5N3/c1-16-2-3-19(32-25(37)36-5-4-17(15-36)13-26(27,28)29)12-20(16)18-10-21(22-14-31-24(30)34-22)33-23(11-18)35-6-8-38-9-7-35;1-13-6-7-15(10-16(13)21-28-18(2,3)19(4,5)29-21)25-17(27)26-9-8-14(12-26)11-20(22,23)24;16-11-8-12(13-10-21-3-1-2-17-15(21)19-13)18-14(9-11)20-4-6-22-7-5-20;13-8-5-9(10-7-15-12(14)17-10)16-11(6-8)18-1-3-19-4-2-18;12-7-10(16)9-5-8(13)6-11(14-9)15-1-3-17-4-2-15;5-4-6-2-1-3-7-4/h2-3,10-12,14,17H,4-9,13,15H2,1H3,(H,32,37)(H3,30,31,34);6-7,10,14H,8-9,11-12H2,1-5H3,(H,25,27);1-3,8-10H,4-7H2;5-7H,1-4H2,(H3,14,15,17);5-6H,1-4,7H2;1-3H,(H2,5,6,7)/t17-;14-;;;;/m00..../s1. The topological polar surface area (TPSA) is 393 Å². The second-order valence-corrected chi connectivity index (χ2v) is 34.8. The molecular weight excluding hydrogens is 1850 g/mol. The number of pyridine rings is 4. The predicted molar refractivity (Wildman–Crippen MR) is 500 cm³/mol. The summed E-state index contributed by atoms with van der Waals surface area (Å²) in [6.45, 7) is 24.3. The number of benzene rings is 2. The maximum absolute atomic E-state index is 12.8. The van der Waals surface area contributed by atoms with Crippen molar-refractivity contribution in [3.05, 3.63) is 172 Å². The van der Waals surface area contributed by atoms with Crippen molar-refractivity contribution in [2.24, 2.45) is 11.8 Å². The lowest BCUT2D eigenvalue weighted by molar-refractivity contribution is -0.144. The van der Waals surface area contributed by atoms with Crippen LogP contribution in [0.4, 0.5) is 88.4 Å². The van der Waals surface area contributed by atoms with Crippen LogP contribution >= 0.6 is 50.7 Å². The molecule has 132 heavy (non-hydrogen) atoms. The highest BCUT2D eigenvalue weighted by Crippen LogP contribution is 2.40. The van der Waals surface area contributed by atoms with Gasteiger partial charge >= 0.3 is 31.5 Å². The molecule has 7 aliphatic rings. The summed E-state index contributed by atoms with van der Waals surface area (Å²) in [7, 11) is -0.556. The Balaban J connectivity index is 0.000000141. The first-order valence-corrected chi connectivity index (χ1v) is 45.0. The van der Waals surface area contributed by atoms with E-state index in [1.54, 1.807) is 73.4 Å². The summed E-state index contributed by atoms with van der Waals surface area (Å²) in [4.78, 5) is 96.9. The summed E-state index contributed by atoms with van der Waals surface area (Å²) in [5.74, 6) is 3.68. The van der Waals surface area contributed by atoms with Crippen LogP contribution in [0.25, 0.3) is 51.1 Å². The lowest BCUT2D eigenvalue weighted by Gasteiger charge is -2.32. The predicted octanol–water partition coefficient (Wildman–Crippen LogP) is 14.8. The summed E-state index contributed by atoms with van der Waals surface area (Å²) >= 11 is 21.6. The number of carbonyl (C=O) groups excluding carboxylic acids is 3. The molecule has 0 unspecified atom stereocenters. The molecule has 4 amide bonds. The number of fused-ring (bicyclic) bond motifs is 1. The number of likely N-dealkylation sites (tertiary alicyclic amines) is 2. The average Bonchev–Trinajstić information content (AvgIpc) is 1.62. The molecule has 7 aliphatic heterocycles. The van der Waals surface area contributed by atoms with Gasteiger partial charge in [-0.15, -0.1) is 0 Å². The third-order valence-electron chi connectivity index (χ3n) is 22.7. The second-order valence-electron chi connectivity index (χ2n) is 33.0. The summed E-state index contributed by atoms with van der Waals surface area (Å²) in [5.41, 5.74) is 26.0. The number of rotatable bonds is 15. The van der Waals surface area contributed by atoms with Gasteiger partial charge in [-0.3, -0.25) is 9.20 Å². The van der Waals surface area contributed by atoms with Gasteiger partial charge in [0.15, 0.2) is 17.7 Å². The summed E-state index contributed by atoms with van der Waals surface area (Å²) in [5, 5.41) is 7.73. The molecule has 2 aromatic carbocycles. The maximum atomic E-state index is 12.8. The molecule has 9 aromatic heterocycles. The molecule has 0 spiro atoms. The molecule has 44 heteroatoms. The Hall–Kier alpha value is -11.3. The van der Waals surface area contributed by atoms with Crippen molar-refractivity contribution in [1.29, 1.82) is 0 Å². The Morgan fingerprint density at radius 2 is 0.947 bits per heavy atom. The largest absolute Gasteiger partial charge is 0.495 e. The molecule has 0 aliphatic carbocycles. The van der Waals surface area contributed by atoms with E-state index in [1.807, 2.05) is 113 Å². The first kappa shape index (κ1) is 98.2. The van der Waals surface area contributed by atoms with Crippen molar-refractivity contribution in [2.75, 3.05) is 184 Å². The molecule has 0 radical (unpaired) electrons. The van der Waals surface area contributed by atoms with E-state index in [4.69, 9.17) is 90.2 Å². The van der Waals surface area contributed by atoms with E-state index in [2.05, 4.69) is 96.0 Å². The number of imidazole rings is 3. The summed E-state index contributed by atoms with van der Waals surface area (Å²) in [6.07, 6.45) is 2.57. The minimum Gasteiger partial charge on any atom is -0.399 e. The zero-order valence-corrected chi connectivity index (χ0v) is 77.3. The van der Waals surface area contributed by atoms with Crippen LogP contribution in [-0.2, 0) is 28.3 Å². The van der Waals surface area contributed by atoms with Gasteiger partial charge in [-0.2, -0.15) is 26.3 Å². The molecule has 7 saturated heterocycles. The molecule has 16 heterocycles. The fourth-order valence-electron chi connectivity index (χ4n) is 15.1. The number of hydrogen-bond acceptors (Lipinski definition) is 26. The number of aromatic nitrogens is 13. The van der Waals surface area contributed by atoms with Crippen molar-refractivity contribution in [2.45, 2.75) is 90.8 Å². The quantitative estimate of drug-likeness (QED) is 0.0217. The van der Waals surface area contributed by atoms with Crippen molar-refractivity contribution >= 4 is 139 Å². The maximum Gasteiger partial charge on any atom is 0.495 e. The molecule has 702 valence electrons. The third kappa shape index (κ3) is 27.5. The van der Waals surface area contributed by atoms with Gasteiger partial charge in [0.05, 0.1) is 110 Å². The Morgan fingerprint density at radius 1 is 0.515 bits per heavy atom. The molecule has 10 N–H and O–H groups in total. The lowest BCUT2D eigenvalue weighted by Crippen LogP contribution is -2.41. The fraction of sp³-hybridized carbons (Fsp3) is 0.420. The van der Waals surface area contributed by atoms with Crippen LogP contribution in [-0.4, -0.2) is 259 Å². The number of anilines is 9. The molecule has 0 bridgehead atoms. The fourth-order valence-corrected chi connectivity index (χ4v) is 16.0. The van der Waals surface area contributed by atoms with E-state index in [9.17, 15) is 40.7 Å². The molecule has 2 atom stereocenters. The van der Waals surface area contributed by atoms with Crippen LogP contribution in [0, 0.1) is 25.7 Å². The Morgan fingerprint density at radius 3 is 1.39 bits per heavy atom. The number of nitrogen functional groups attached to an aromatic ring is 3. The minimum absolute atomic E-state index is 0.0676. The van der Waals surface area contributed by atoms with Gasteiger partial charge in [-0.1, -0.05) is 68.4 Å². The second kappa shape index (κ2) is 44.5. The first-order valence-electron chi connectivity index (χ1n) is 42.8. The summed E-state index contributed by atoms with van der Waals surface area (Å²) < 4.78 is 112. The van der Waals surface area contributed by atoms with Crippen molar-refractivity contribution in [3.8, 4) is 45.3 Å². The molecule has 7 fully saturated rings. The van der Waals surface area contributed by atoms with Crippen LogP contribution in [0.1, 0.15) is 75.0 Å². The van der Waals surface area contributed by atoms with Gasteiger partial charge < -0.3 is 95.5 Å². The number of ketones is 1. The number of hydrogen-bond donors (Lipinski definition) is 7. The average molecular weight is 1950 g/mol. The highest BCUT2D eigenvalue weighted by Gasteiger charge is 2.52. The van der Waals surface area contributed by atoms with Crippen molar-refractivity contribution in [3.63, 3.8) is 0 Å². The number of nitrogens with zero attached hydrogens (tertiary/aromatic N) is 17. The number of nitrogens with one attached hydrogen (secondary N) is 4. The van der Waals surface area contributed by atoms with E-state index >= 15 is 0 Å². The summed E-state index contributed by atoms with van der Waals surface area (Å²) in [6, 6.07) is 28.5. The van der Waals surface area contributed by atoms with Crippen LogP contribution in [0.15, 0.2) is 140 Å². The number of morpholine rings is 4. The van der Waals surface area contributed by atoms with Gasteiger partial charge in [0, 0.05) is 149 Å². The van der Waals surface area contributed by atoms with E-state index in [1.165, 1.54) is 9.80 Å². The van der Waals surface area contributed by atoms with E-state index < -0.39 is 67.4 Å². The highest BCUT2D eigenvalue weighted by atomic mass is 79.9. The normalized spacial score (nSPS) is 17.7. The first-order chi connectivity index (χ1) is 63.0. The molecule has 18 rings (SSSR count). The van der Waals surface area contributed by atoms with Gasteiger partial charge in [0.1, 0.15) is 34.7 Å². The van der Waals surface area contributed by atoms with Crippen molar-refractivity contribution in [1.82, 2.24) is 74.0 Å². The van der Waals surface area contributed by atoms with E-state index in [0.717, 1.165) is 113 Å². The highest BCUT2D eigenvalue weighted by molar-refractivity contribution is 9.09. The molecule has 11 aromatic rings. The molecular formula is C88H103BBrCl3F6N24O9. The number of Topliss-reactive ketones (excluding diaryl/α,β-unsaturated/α-hetero) is 1. The number of aryl methyl sites for hydroxylation is 2. The monoisotopic (exact) mass is 1950 g/mol. The Kier molecular flexibility index (Phi) is 33.1. The number of aromatic amines is 2. The van der Waals surface area contributed by atoms with Crippen LogP contribution < -0.4 is 52.9 Å². The molecule has 0 saturated carbocycles. The number of halogens is 10. The number of urea groups is 2. The Bertz CT molecular complexity index is 5680.